The summed E-state index contributed by atoms with van der Waals surface area (Å²) in [5, 5.41) is 0. The van der Waals surface area contributed by atoms with Crippen molar-refractivity contribution in [1.82, 2.24) is 0 Å². The highest BCUT2D eigenvalue weighted by Crippen LogP contribution is 2.39. The summed E-state index contributed by atoms with van der Waals surface area (Å²) in [6.45, 7) is 1.43. The molecule has 1 heterocycles. The molecule has 19 heavy (non-hydrogen) atoms. The first kappa shape index (κ1) is 14.1. The molecule has 106 valence electrons. The molecule has 1 aromatic carbocycles. The summed E-state index contributed by atoms with van der Waals surface area (Å²) in [4.78, 5) is 0.265. The van der Waals surface area contributed by atoms with Crippen molar-refractivity contribution in [3.63, 3.8) is 0 Å². The fraction of sp³-hybridized carbons (Fsp3) is 0.538. The topological polar surface area (TPSA) is 78.6 Å². The summed E-state index contributed by atoms with van der Waals surface area (Å²) in [6, 6.07) is 3.58. The molecular formula is C13H19NO4S. The summed E-state index contributed by atoms with van der Waals surface area (Å²) in [7, 11) is -3.35. The van der Waals surface area contributed by atoms with E-state index in [2.05, 4.69) is 0 Å². The highest BCUT2D eigenvalue weighted by atomic mass is 32.2. The molecule has 0 saturated heterocycles. The van der Waals surface area contributed by atoms with Gasteiger partial charge in [-0.25, -0.2) is 8.42 Å². The van der Waals surface area contributed by atoms with Crippen molar-refractivity contribution in [3.8, 4) is 11.5 Å². The predicted octanol–water partition coefficient (Wildman–Crippen LogP) is 1.14. The molecule has 0 aromatic heterocycles. The number of ether oxygens (including phenoxy) is 2. The maximum Gasteiger partial charge on any atom is 0.180 e. The molecule has 1 aliphatic rings. The molecule has 0 radical (unpaired) electrons. The van der Waals surface area contributed by atoms with Crippen LogP contribution in [0.2, 0.25) is 0 Å². The third-order valence-corrected chi connectivity index (χ3v) is 4.21. The highest BCUT2D eigenvalue weighted by molar-refractivity contribution is 7.90. The van der Waals surface area contributed by atoms with E-state index in [0.717, 1.165) is 18.4 Å². The predicted molar refractivity (Wildman–Crippen MR) is 72.5 cm³/mol. The van der Waals surface area contributed by atoms with Gasteiger partial charge in [-0.1, -0.05) is 6.07 Å². The average Bonchev–Trinajstić information content (AvgIpc) is 2.37. The quantitative estimate of drug-likeness (QED) is 0.821. The number of nitrogens with two attached hydrogens (primary N) is 1. The first-order valence-corrected chi connectivity index (χ1v) is 8.25. The molecule has 6 heteroatoms. The van der Waals surface area contributed by atoms with Crippen molar-refractivity contribution in [3.05, 3.63) is 17.7 Å². The standard InChI is InChI=1S/C13H19NO4S/c1-19(15,16)13-10(4-2-3-7-14)5-6-11-12(13)18-9-8-17-11/h5-6H,2-4,7-9,14H2,1H3. The van der Waals surface area contributed by atoms with Crippen LogP contribution in [0.15, 0.2) is 17.0 Å². The average molecular weight is 285 g/mol. The summed E-state index contributed by atoms with van der Waals surface area (Å²) in [5.74, 6) is 0.869. The van der Waals surface area contributed by atoms with E-state index in [9.17, 15) is 8.42 Å². The van der Waals surface area contributed by atoms with Crippen molar-refractivity contribution in [2.24, 2.45) is 5.73 Å². The molecule has 1 aromatic rings. The Morgan fingerprint density at radius 3 is 2.63 bits per heavy atom. The zero-order chi connectivity index (χ0) is 13.9. The molecule has 1 aliphatic heterocycles. The largest absolute Gasteiger partial charge is 0.486 e. The zero-order valence-corrected chi connectivity index (χ0v) is 11.8. The van der Waals surface area contributed by atoms with Gasteiger partial charge in [-0.05, 0) is 37.4 Å². The molecule has 0 amide bonds. The van der Waals surface area contributed by atoms with Crippen LogP contribution in [0.3, 0.4) is 0 Å². The van der Waals surface area contributed by atoms with Crippen LogP contribution < -0.4 is 15.2 Å². The van der Waals surface area contributed by atoms with Crippen LogP contribution in [0.4, 0.5) is 0 Å². The fourth-order valence-corrected chi connectivity index (χ4v) is 3.34. The van der Waals surface area contributed by atoms with Crippen LogP contribution in [0, 0.1) is 0 Å². The van der Waals surface area contributed by atoms with E-state index in [1.54, 1.807) is 12.1 Å². The number of aryl methyl sites for hydroxylation is 1. The fourth-order valence-electron chi connectivity index (χ4n) is 2.19. The third kappa shape index (κ3) is 3.19. The Hall–Kier alpha value is -1.27. The molecule has 2 N–H and O–H groups in total. The van der Waals surface area contributed by atoms with E-state index in [1.807, 2.05) is 0 Å². The lowest BCUT2D eigenvalue weighted by molar-refractivity contribution is 0.166. The Balaban J connectivity index is 2.43. The summed E-state index contributed by atoms with van der Waals surface area (Å²) in [5.41, 5.74) is 6.24. The maximum atomic E-state index is 12.0. The Labute approximate surface area is 113 Å². The summed E-state index contributed by atoms with van der Waals surface area (Å²) in [6.07, 6.45) is 3.61. The van der Waals surface area contributed by atoms with Crippen LogP contribution in [-0.2, 0) is 16.3 Å². The normalized spacial score (nSPS) is 14.4. The minimum absolute atomic E-state index is 0.265. The number of unbranched alkanes of at least 4 members (excludes halogenated alkanes) is 1. The first-order chi connectivity index (χ1) is 9.04. The van der Waals surface area contributed by atoms with Crippen molar-refractivity contribution in [2.75, 3.05) is 26.0 Å². The molecule has 0 atom stereocenters. The second kappa shape index (κ2) is 5.79. The number of fused-ring (bicyclic) bond motifs is 1. The van der Waals surface area contributed by atoms with E-state index in [4.69, 9.17) is 15.2 Å². The second-order valence-corrected chi connectivity index (χ2v) is 6.55. The van der Waals surface area contributed by atoms with Gasteiger partial charge >= 0.3 is 0 Å². The van der Waals surface area contributed by atoms with E-state index in [0.29, 0.717) is 37.7 Å². The van der Waals surface area contributed by atoms with E-state index in [-0.39, 0.29) is 4.90 Å². The maximum absolute atomic E-state index is 12.0. The van der Waals surface area contributed by atoms with E-state index >= 15 is 0 Å². The molecular weight excluding hydrogens is 266 g/mol. The molecule has 2 rings (SSSR count). The number of benzene rings is 1. The SMILES string of the molecule is CS(=O)(=O)c1c(CCCCN)ccc2c1OCCO2. The summed E-state index contributed by atoms with van der Waals surface area (Å²) >= 11 is 0. The lowest BCUT2D eigenvalue weighted by atomic mass is 10.1. The van der Waals surface area contributed by atoms with Crippen molar-refractivity contribution in [1.29, 1.82) is 0 Å². The van der Waals surface area contributed by atoms with Gasteiger partial charge in [0.05, 0.1) is 0 Å². The van der Waals surface area contributed by atoms with Gasteiger partial charge in [-0.15, -0.1) is 0 Å². The zero-order valence-electron chi connectivity index (χ0n) is 11.0. The molecule has 0 bridgehead atoms. The van der Waals surface area contributed by atoms with Gasteiger partial charge in [0.25, 0.3) is 0 Å². The Bertz CT molecular complexity index is 554. The molecule has 0 unspecified atom stereocenters. The van der Waals surface area contributed by atoms with Gasteiger partial charge in [0, 0.05) is 6.26 Å². The van der Waals surface area contributed by atoms with Gasteiger partial charge in [0.15, 0.2) is 21.3 Å². The van der Waals surface area contributed by atoms with Gasteiger partial charge in [0.1, 0.15) is 18.1 Å². The van der Waals surface area contributed by atoms with Crippen molar-refractivity contribution >= 4 is 9.84 Å². The first-order valence-electron chi connectivity index (χ1n) is 6.35. The number of rotatable bonds is 5. The molecule has 0 fully saturated rings. The molecule has 0 saturated carbocycles. The van der Waals surface area contributed by atoms with Crippen LogP contribution >= 0.6 is 0 Å². The summed E-state index contributed by atoms with van der Waals surface area (Å²) < 4.78 is 34.9. The highest BCUT2D eigenvalue weighted by Gasteiger charge is 2.25. The minimum Gasteiger partial charge on any atom is -0.486 e. The van der Waals surface area contributed by atoms with Gasteiger partial charge in [-0.3, -0.25) is 0 Å². The number of sulfone groups is 1. The lowest BCUT2D eigenvalue weighted by Crippen LogP contribution is -2.18. The minimum atomic E-state index is -3.35. The van der Waals surface area contributed by atoms with Gasteiger partial charge in [-0.2, -0.15) is 0 Å². The van der Waals surface area contributed by atoms with Gasteiger partial charge in [0.2, 0.25) is 0 Å². The molecule has 5 nitrogen and oxygen atoms in total. The molecule has 0 aliphatic carbocycles. The number of hydrogen-bond donors (Lipinski definition) is 1. The monoisotopic (exact) mass is 285 g/mol. The Morgan fingerprint density at radius 2 is 1.95 bits per heavy atom. The van der Waals surface area contributed by atoms with Crippen molar-refractivity contribution in [2.45, 2.75) is 24.2 Å². The number of hydrogen-bond acceptors (Lipinski definition) is 5. The van der Waals surface area contributed by atoms with E-state index in [1.165, 1.54) is 6.26 Å². The van der Waals surface area contributed by atoms with Crippen LogP contribution in [0.25, 0.3) is 0 Å². The van der Waals surface area contributed by atoms with Crippen LogP contribution in [-0.4, -0.2) is 34.4 Å². The Morgan fingerprint density at radius 1 is 1.21 bits per heavy atom. The van der Waals surface area contributed by atoms with Crippen LogP contribution in [0.5, 0.6) is 11.5 Å². The molecule has 0 spiro atoms. The van der Waals surface area contributed by atoms with E-state index < -0.39 is 9.84 Å². The van der Waals surface area contributed by atoms with Crippen molar-refractivity contribution < 1.29 is 17.9 Å². The van der Waals surface area contributed by atoms with Gasteiger partial charge < -0.3 is 15.2 Å². The second-order valence-electron chi connectivity index (χ2n) is 4.60. The third-order valence-electron chi connectivity index (χ3n) is 3.02. The lowest BCUT2D eigenvalue weighted by Gasteiger charge is -2.22. The smallest absolute Gasteiger partial charge is 0.180 e. The Kier molecular flexibility index (Phi) is 4.31. The van der Waals surface area contributed by atoms with Crippen LogP contribution in [0.1, 0.15) is 18.4 Å².